The molecule has 0 bridgehead atoms. The number of Topliss-reactive ketones (excluding diaryl/α,β-unsaturated/α-hetero) is 1. The molecule has 0 aromatic heterocycles. The largest absolute Gasteiger partial charge is 0.325 e. The standard InChI is InChI=1S/C24H28N2O3/c1-5-6-17-7-9-19(10-8-17)21(27)15-26-22(28)24(4,25-23(26)29)20-13-11-18(12-14-20)16(2)3/h7-14,16H,5-6,15H2,1-4H3,(H,25,29). The minimum Gasteiger partial charge on any atom is -0.319 e. The number of amides is 3. The highest BCUT2D eigenvalue weighted by Crippen LogP contribution is 2.30. The van der Waals surface area contributed by atoms with Gasteiger partial charge in [0, 0.05) is 5.56 Å². The van der Waals surface area contributed by atoms with Crippen molar-refractivity contribution in [2.75, 3.05) is 6.54 Å². The molecule has 1 aliphatic rings. The summed E-state index contributed by atoms with van der Waals surface area (Å²) in [4.78, 5) is 39.2. The molecular weight excluding hydrogens is 364 g/mol. The summed E-state index contributed by atoms with van der Waals surface area (Å²) >= 11 is 0. The normalized spacial score (nSPS) is 19.0. The summed E-state index contributed by atoms with van der Waals surface area (Å²) in [7, 11) is 0. The summed E-state index contributed by atoms with van der Waals surface area (Å²) in [5.74, 6) is -0.282. The van der Waals surface area contributed by atoms with Gasteiger partial charge in [-0.25, -0.2) is 4.79 Å². The highest BCUT2D eigenvalue weighted by molar-refractivity contribution is 6.11. The number of carbonyl (C=O) groups is 3. The third-order valence-electron chi connectivity index (χ3n) is 5.55. The maximum atomic E-state index is 13.1. The van der Waals surface area contributed by atoms with Crippen molar-refractivity contribution in [2.24, 2.45) is 0 Å². The predicted octanol–water partition coefficient (Wildman–Crippen LogP) is 4.41. The number of rotatable bonds is 7. The second kappa shape index (κ2) is 8.19. The van der Waals surface area contributed by atoms with Gasteiger partial charge in [-0.05, 0) is 36.0 Å². The average Bonchev–Trinajstić information content (AvgIpc) is 2.93. The van der Waals surface area contributed by atoms with Crippen LogP contribution in [-0.2, 0) is 16.8 Å². The van der Waals surface area contributed by atoms with Crippen LogP contribution in [0.3, 0.4) is 0 Å². The first kappa shape index (κ1) is 20.8. The van der Waals surface area contributed by atoms with E-state index in [-0.39, 0.29) is 12.3 Å². The van der Waals surface area contributed by atoms with Crippen LogP contribution in [0.2, 0.25) is 0 Å². The molecule has 1 atom stereocenters. The van der Waals surface area contributed by atoms with Crippen LogP contribution in [0.25, 0.3) is 0 Å². The number of ketones is 1. The fraction of sp³-hybridized carbons (Fsp3) is 0.375. The number of urea groups is 1. The van der Waals surface area contributed by atoms with Crippen LogP contribution in [0.15, 0.2) is 48.5 Å². The summed E-state index contributed by atoms with van der Waals surface area (Å²) in [5.41, 5.74) is 2.36. The van der Waals surface area contributed by atoms with Gasteiger partial charge in [-0.15, -0.1) is 0 Å². The minimum atomic E-state index is -1.17. The molecule has 0 spiro atoms. The molecule has 5 nitrogen and oxygen atoms in total. The number of hydrogen-bond donors (Lipinski definition) is 1. The van der Waals surface area contributed by atoms with Crippen molar-refractivity contribution < 1.29 is 14.4 Å². The summed E-state index contributed by atoms with van der Waals surface area (Å²) in [6.07, 6.45) is 1.99. The van der Waals surface area contributed by atoms with E-state index in [2.05, 4.69) is 26.1 Å². The smallest absolute Gasteiger partial charge is 0.319 e. The van der Waals surface area contributed by atoms with Crippen LogP contribution in [-0.4, -0.2) is 29.2 Å². The zero-order valence-corrected chi connectivity index (χ0v) is 17.5. The molecule has 2 aromatic carbocycles. The van der Waals surface area contributed by atoms with E-state index in [1.54, 1.807) is 19.1 Å². The number of aryl methyl sites for hydroxylation is 1. The predicted molar refractivity (Wildman–Crippen MR) is 113 cm³/mol. The summed E-state index contributed by atoms with van der Waals surface area (Å²) < 4.78 is 0. The second-order valence-electron chi connectivity index (χ2n) is 8.09. The molecule has 1 aliphatic heterocycles. The number of carbonyl (C=O) groups excluding carboxylic acids is 3. The van der Waals surface area contributed by atoms with Gasteiger partial charge < -0.3 is 5.32 Å². The number of nitrogens with one attached hydrogen (secondary N) is 1. The van der Waals surface area contributed by atoms with Crippen LogP contribution >= 0.6 is 0 Å². The van der Waals surface area contributed by atoms with Crippen molar-refractivity contribution in [1.82, 2.24) is 10.2 Å². The number of benzene rings is 2. The van der Waals surface area contributed by atoms with E-state index >= 15 is 0 Å². The average molecular weight is 392 g/mol. The van der Waals surface area contributed by atoms with Crippen molar-refractivity contribution in [1.29, 1.82) is 0 Å². The lowest BCUT2D eigenvalue weighted by Gasteiger charge is -2.22. The zero-order valence-electron chi connectivity index (χ0n) is 17.5. The third kappa shape index (κ3) is 4.09. The van der Waals surface area contributed by atoms with E-state index in [1.807, 2.05) is 36.4 Å². The molecular formula is C24H28N2O3. The lowest BCUT2D eigenvalue weighted by Crippen LogP contribution is -2.41. The Labute approximate surface area is 172 Å². The van der Waals surface area contributed by atoms with Gasteiger partial charge in [-0.2, -0.15) is 0 Å². The summed E-state index contributed by atoms with van der Waals surface area (Å²) in [6.45, 7) is 7.71. The summed E-state index contributed by atoms with van der Waals surface area (Å²) in [5, 5.41) is 2.76. The van der Waals surface area contributed by atoms with E-state index in [0.29, 0.717) is 17.0 Å². The Hall–Kier alpha value is -2.95. The Balaban J connectivity index is 1.76. The van der Waals surface area contributed by atoms with E-state index in [4.69, 9.17) is 0 Å². The second-order valence-corrected chi connectivity index (χ2v) is 8.09. The first-order valence-electron chi connectivity index (χ1n) is 10.1. The molecule has 0 radical (unpaired) electrons. The Bertz CT molecular complexity index is 916. The third-order valence-corrected chi connectivity index (χ3v) is 5.55. The van der Waals surface area contributed by atoms with Crippen molar-refractivity contribution in [2.45, 2.75) is 52.0 Å². The maximum Gasteiger partial charge on any atom is 0.325 e. The van der Waals surface area contributed by atoms with Crippen molar-refractivity contribution in [3.05, 3.63) is 70.8 Å². The van der Waals surface area contributed by atoms with Crippen LogP contribution in [0.1, 0.15) is 67.1 Å². The Kier molecular flexibility index (Phi) is 5.87. The first-order valence-corrected chi connectivity index (χ1v) is 10.1. The van der Waals surface area contributed by atoms with Crippen LogP contribution in [0, 0.1) is 0 Å². The quantitative estimate of drug-likeness (QED) is 0.560. The van der Waals surface area contributed by atoms with Crippen LogP contribution < -0.4 is 5.32 Å². The maximum absolute atomic E-state index is 13.1. The number of hydrogen-bond acceptors (Lipinski definition) is 3. The topological polar surface area (TPSA) is 66.5 Å². The fourth-order valence-electron chi connectivity index (χ4n) is 3.62. The van der Waals surface area contributed by atoms with Gasteiger partial charge in [0.25, 0.3) is 5.91 Å². The molecule has 2 aromatic rings. The van der Waals surface area contributed by atoms with Gasteiger partial charge in [-0.3, -0.25) is 14.5 Å². The number of imide groups is 1. The first-order chi connectivity index (χ1) is 13.8. The molecule has 3 rings (SSSR count). The molecule has 29 heavy (non-hydrogen) atoms. The van der Waals surface area contributed by atoms with Crippen molar-refractivity contribution in [3.8, 4) is 0 Å². The lowest BCUT2D eigenvalue weighted by molar-refractivity contribution is -0.130. The Morgan fingerprint density at radius 1 is 1.03 bits per heavy atom. The molecule has 1 saturated heterocycles. The fourth-order valence-corrected chi connectivity index (χ4v) is 3.62. The molecule has 3 amide bonds. The lowest BCUT2D eigenvalue weighted by atomic mass is 9.90. The van der Waals surface area contributed by atoms with E-state index < -0.39 is 17.5 Å². The molecule has 0 saturated carbocycles. The molecule has 1 fully saturated rings. The highest BCUT2D eigenvalue weighted by Gasteiger charge is 2.49. The SMILES string of the molecule is CCCc1ccc(C(=O)CN2C(=O)NC(C)(c3ccc(C(C)C)cc3)C2=O)cc1. The molecule has 0 aliphatic carbocycles. The molecule has 5 heteroatoms. The minimum absolute atomic E-state index is 0.254. The van der Waals surface area contributed by atoms with Gasteiger partial charge in [0.15, 0.2) is 5.78 Å². The molecule has 1 N–H and O–H groups in total. The van der Waals surface area contributed by atoms with E-state index in [0.717, 1.165) is 28.9 Å². The van der Waals surface area contributed by atoms with Gasteiger partial charge in [0.05, 0.1) is 6.54 Å². The molecule has 1 unspecified atom stereocenters. The van der Waals surface area contributed by atoms with Gasteiger partial charge in [-0.1, -0.05) is 75.7 Å². The number of nitrogens with zero attached hydrogens (tertiary/aromatic N) is 1. The van der Waals surface area contributed by atoms with E-state index in [1.165, 1.54) is 0 Å². The molecule has 152 valence electrons. The van der Waals surface area contributed by atoms with Crippen molar-refractivity contribution >= 4 is 17.7 Å². The van der Waals surface area contributed by atoms with Crippen molar-refractivity contribution in [3.63, 3.8) is 0 Å². The van der Waals surface area contributed by atoms with Crippen LogP contribution in [0.5, 0.6) is 0 Å². The monoisotopic (exact) mass is 392 g/mol. The van der Waals surface area contributed by atoms with Gasteiger partial charge in [0.2, 0.25) is 0 Å². The Morgan fingerprint density at radius 3 is 2.21 bits per heavy atom. The van der Waals surface area contributed by atoms with Gasteiger partial charge >= 0.3 is 6.03 Å². The highest BCUT2D eigenvalue weighted by atomic mass is 16.2. The Morgan fingerprint density at radius 2 is 1.66 bits per heavy atom. The van der Waals surface area contributed by atoms with E-state index in [9.17, 15) is 14.4 Å². The van der Waals surface area contributed by atoms with Crippen LogP contribution in [0.4, 0.5) is 4.79 Å². The summed E-state index contributed by atoms with van der Waals surface area (Å²) in [6, 6.07) is 14.5. The van der Waals surface area contributed by atoms with Gasteiger partial charge in [0.1, 0.15) is 5.54 Å². The molecule has 1 heterocycles. The zero-order chi connectivity index (χ0) is 21.2.